The predicted molar refractivity (Wildman–Crippen MR) is 185 cm³/mol. The van der Waals surface area contributed by atoms with Crippen molar-refractivity contribution < 1.29 is 33.0 Å². The zero-order chi connectivity index (χ0) is 34.5. The number of carbonyl (C=O) groups is 1. The fourth-order valence-corrected chi connectivity index (χ4v) is 7.51. The van der Waals surface area contributed by atoms with Gasteiger partial charge in [-0.3, -0.25) is 9.55 Å². The van der Waals surface area contributed by atoms with Crippen LogP contribution in [0.5, 0.6) is 0 Å². The molecule has 10 heteroatoms. The maximum atomic E-state index is 13.0. The Morgan fingerprint density at radius 3 is 2.62 bits per heavy atom. The lowest BCUT2D eigenvalue weighted by atomic mass is 9.80. The topological polar surface area (TPSA) is 96.4 Å². The standard InChI is InChI=1S/C37H53N2O7P/c1-11-23(2)21-37(8,42-18-14-15-27-20-28-16-12-13-17-29(28)38-22-27)33(25(4)31-26(5)34(40)46-36(6,7)45-31)44-35-32(47-41)30(39(9)10)19-24(3)43-35/h12-17,20,22-25,30,32-33,35H,11,18-19,21H2,1-10H3/b15-14+/t23-,24?,25-,30?,32+,33+,35-,37+/m0/s1. The highest BCUT2D eigenvalue weighted by molar-refractivity contribution is 7.24. The van der Waals surface area contributed by atoms with Gasteiger partial charge in [-0.2, -0.15) is 0 Å². The molecule has 9 nitrogen and oxygen atoms in total. The highest BCUT2D eigenvalue weighted by Gasteiger charge is 2.49. The minimum atomic E-state index is -1.14. The molecule has 8 atom stereocenters. The lowest BCUT2D eigenvalue weighted by Crippen LogP contribution is -2.57. The third-order valence-corrected chi connectivity index (χ3v) is 10.2. The Hall–Kier alpha value is -2.68. The third kappa shape index (κ3) is 9.07. The van der Waals surface area contributed by atoms with Crippen LogP contribution in [-0.4, -0.2) is 78.1 Å². The van der Waals surface area contributed by atoms with Crippen molar-refractivity contribution in [2.24, 2.45) is 11.8 Å². The first-order chi connectivity index (χ1) is 22.2. The second-order valence-corrected chi connectivity index (χ2v) is 14.9. The van der Waals surface area contributed by atoms with Gasteiger partial charge < -0.3 is 28.6 Å². The van der Waals surface area contributed by atoms with E-state index in [1.54, 1.807) is 20.8 Å². The van der Waals surface area contributed by atoms with Gasteiger partial charge in [0, 0.05) is 37.4 Å². The molecule has 0 bridgehead atoms. The highest BCUT2D eigenvalue weighted by atomic mass is 31.1. The summed E-state index contributed by atoms with van der Waals surface area (Å²) in [6, 6.07) is 10.1. The number of hydrogen-bond acceptors (Lipinski definition) is 9. The molecule has 2 aliphatic rings. The van der Waals surface area contributed by atoms with Crippen LogP contribution in [0.2, 0.25) is 0 Å². The number of cyclic esters (lactones) is 1. The molecule has 1 aromatic carbocycles. The van der Waals surface area contributed by atoms with Crippen LogP contribution >= 0.6 is 8.46 Å². The van der Waals surface area contributed by atoms with Crippen LogP contribution in [0.4, 0.5) is 0 Å². The van der Waals surface area contributed by atoms with Gasteiger partial charge in [0.15, 0.2) is 14.8 Å². The van der Waals surface area contributed by atoms with Crippen LogP contribution in [0.3, 0.4) is 0 Å². The zero-order valence-corrected chi connectivity index (χ0v) is 30.6. The fraction of sp³-hybridized carbons (Fsp3) is 0.622. The molecule has 1 aromatic heterocycles. The predicted octanol–water partition coefficient (Wildman–Crippen LogP) is 7.79. The maximum Gasteiger partial charge on any atom is 0.340 e. The van der Waals surface area contributed by atoms with Crippen molar-refractivity contribution in [1.29, 1.82) is 0 Å². The van der Waals surface area contributed by atoms with Crippen molar-refractivity contribution in [1.82, 2.24) is 9.88 Å². The second-order valence-electron chi connectivity index (χ2n) is 14.1. The Labute approximate surface area is 282 Å². The number of esters is 1. The van der Waals surface area contributed by atoms with Gasteiger partial charge in [-0.25, -0.2) is 4.79 Å². The smallest absolute Gasteiger partial charge is 0.340 e. The number of aromatic nitrogens is 1. The van der Waals surface area contributed by atoms with E-state index in [0.29, 0.717) is 30.3 Å². The first-order valence-corrected chi connectivity index (χ1v) is 17.6. The van der Waals surface area contributed by atoms with E-state index < -0.39 is 41.3 Å². The minimum absolute atomic E-state index is 0.0140. The normalized spacial score (nSPS) is 26.7. The molecule has 1 saturated heterocycles. The van der Waals surface area contributed by atoms with E-state index in [-0.39, 0.29) is 20.6 Å². The lowest BCUT2D eigenvalue weighted by Gasteiger charge is -2.48. The third-order valence-electron chi connectivity index (χ3n) is 9.40. The lowest BCUT2D eigenvalue weighted by molar-refractivity contribution is -0.268. The van der Waals surface area contributed by atoms with Crippen LogP contribution in [0, 0.1) is 11.8 Å². The molecule has 0 saturated carbocycles. The van der Waals surface area contributed by atoms with E-state index in [2.05, 4.69) is 36.7 Å². The van der Waals surface area contributed by atoms with Gasteiger partial charge in [0.1, 0.15) is 11.4 Å². The molecule has 4 rings (SSSR count). The van der Waals surface area contributed by atoms with Gasteiger partial charge in [-0.1, -0.05) is 57.5 Å². The number of hydrogen-bond donors (Lipinski definition) is 0. The molecule has 0 spiro atoms. The summed E-state index contributed by atoms with van der Waals surface area (Å²) in [4.78, 5) is 19.6. The summed E-state index contributed by atoms with van der Waals surface area (Å²) in [5.74, 6) is -1.21. The highest BCUT2D eigenvalue weighted by Crippen LogP contribution is 2.42. The monoisotopic (exact) mass is 668 g/mol. The number of para-hydroxylation sites is 1. The fourth-order valence-electron chi connectivity index (χ4n) is 6.74. The Kier molecular flexibility index (Phi) is 12.4. The van der Waals surface area contributed by atoms with Gasteiger partial charge in [-0.05, 0) is 71.3 Å². The van der Waals surface area contributed by atoms with Gasteiger partial charge >= 0.3 is 5.97 Å². The van der Waals surface area contributed by atoms with Crippen molar-refractivity contribution in [2.45, 2.75) is 116 Å². The Morgan fingerprint density at radius 1 is 1.21 bits per heavy atom. The van der Waals surface area contributed by atoms with E-state index in [9.17, 15) is 9.36 Å². The number of nitrogens with zero attached hydrogens (tertiary/aromatic N) is 2. The number of ether oxygens (including phenoxy) is 5. The summed E-state index contributed by atoms with van der Waals surface area (Å²) >= 11 is 0. The second kappa shape index (κ2) is 15.7. The van der Waals surface area contributed by atoms with Crippen molar-refractivity contribution in [3.8, 4) is 0 Å². The molecule has 2 aromatic rings. The molecular weight excluding hydrogens is 615 g/mol. The molecule has 2 aliphatic heterocycles. The molecule has 0 N–H and O–H groups in total. The Bertz CT molecular complexity index is 1460. The summed E-state index contributed by atoms with van der Waals surface area (Å²) < 4.78 is 44.8. The van der Waals surface area contributed by atoms with Gasteiger partial charge in [0.25, 0.3) is 0 Å². The molecule has 258 valence electrons. The zero-order valence-electron chi connectivity index (χ0n) is 29.7. The quantitative estimate of drug-likeness (QED) is 0.148. The summed E-state index contributed by atoms with van der Waals surface area (Å²) in [6.45, 7) is 15.9. The molecule has 0 radical (unpaired) electrons. The summed E-state index contributed by atoms with van der Waals surface area (Å²) in [5, 5.41) is 1.07. The maximum absolute atomic E-state index is 13.0. The van der Waals surface area contributed by atoms with E-state index in [1.165, 1.54) is 0 Å². The summed E-state index contributed by atoms with van der Waals surface area (Å²) in [6.07, 6.45) is 6.68. The first-order valence-electron chi connectivity index (χ1n) is 16.8. The van der Waals surface area contributed by atoms with Crippen molar-refractivity contribution in [3.63, 3.8) is 0 Å². The summed E-state index contributed by atoms with van der Waals surface area (Å²) in [5.41, 5.74) is 1.04. The minimum Gasteiger partial charge on any atom is -0.456 e. The van der Waals surface area contributed by atoms with Crippen molar-refractivity contribution in [3.05, 3.63) is 59.5 Å². The number of carbonyl (C=O) groups excluding carboxylic acids is 1. The molecule has 1 fully saturated rings. The first kappa shape index (κ1) is 37.1. The summed E-state index contributed by atoms with van der Waals surface area (Å²) in [7, 11) is 3.92. The van der Waals surface area contributed by atoms with Crippen molar-refractivity contribution >= 4 is 31.4 Å². The van der Waals surface area contributed by atoms with E-state index in [0.717, 1.165) is 29.3 Å². The molecular formula is C37H53N2O7P. The van der Waals surface area contributed by atoms with E-state index >= 15 is 0 Å². The van der Waals surface area contributed by atoms with E-state index in [4.69, 9.17) is 23.7 Å². The van der Waals surface area contributed by atoms with Gasteiger partial charge in [-0.15, -0.1) is 0 Å². The van der Waals surface area contributed by atoms with Crippen LogP contribution < -0.4 is 0 Å². The number of benzene rings is 1. The average Bonchev–Trinajstić information content (AvgIpc) is 3.02. The van der Waals surface area contributed by atoms with Gasteiger partial charge in [0.2, 0.25) is 5.79 Å². The largest absolute Gasteiger partial charge is 0.456 e. The molecule has 3 heterocycles. The molecule has 47 heavy (non-hydrogen) atoms. The van der Waals surface area contributed by atoms with Crippen LogP contribution in [0.1, 0.15) is 80.2 Å². The average molecular weight is 669 g/mol. The molecule has 0 amide bonds. The van der Waals surface area contributed by atoms with Crippen LogP contribution in [0.25, 0.3) is 17.0 Å². The van der Waals surface area contributed by atoms with Crippen LogP contribution in [-0.2, 0) is 33.0 Å². The number of fused-ring (bicyclic) bond motifs is 1. The SMILES string of the molecule is CC[C@H](C)C[C@@](C)(OC/C=C/c1cnc2ccccc2c1)[C@H](O[C@@H]1OC(C)CC(N(C)C)[C@H]1P=O)[C@@H](C)C1=C(C)C(=O)OC(C)(C)O1. The number of pyridine rings is 1. The molecule has 0 aliphatic carbocycles. The Morgan fingerprint density at radius 2 is 1.94 bits per heavy atom. The Balaban J connectivity index is 1.71. The number of rotatable bonds is 14. The van der Waals surface area contributed by atoms with Gasteiger partial charge in [0.05, 0.1) is 35.5 Å². The van der Waals surface area contributed by atoms with Crippen LogP contribution in [0.15, 0.2) is 53.9 Å². The van der Waals surface area contributed by atoms with E-state index in [1.807, 2.05) is 70.6 Å². The van der Waals surface area contributed by atoms with Crippen molar-refractivity contribution in [2.75, 3.05) is 20.7 Å². The molecule has 2 unspecified atom stereocenters.